The van der Waals surface area contributed by atoms with Crippen LogP contribution < -0.4 is 10.6 Å². The monoisotopic (exact) mass is 287 g/mol. The second-order valence-corrected chi connectivity index (χ2v) is 5.88. The summed E-state index contributed by atoms with van der Waals surface area (Å²) in [5, 5.41) is 7.78. The zero-order valence-corrected chi connectivity index (χ0v) is 12.7. The van der Waals surface area contributed by atoms with Crippen molar-refractivity contribution in [2.24, 2.45) is 4.99 Å². The number of nitrogens with zero attached hydrogens (tertiary/aromatic N) is 1. The number of hydrogen-bond donors (Lipinski definition) is 2. The van der Waals surface area contributed by atoms with Crippen molar-refractivity contribution < 1.29 is 0 Å². The molecule has 0 fully saturated rings. The van der Waals surface area contributed by atoms with E-state index in [1.54, 1.807) is 13.1 Å². The molecule has 0 amide bonds. The van der Waals surface area contributed by atoms with Crippen LogP contribution in [0.5, 0.6) is 0 Å². The minimum absolute atomic E-state index is 0.0361. The number of halogens is 2. The largest absolute Gasteiger partial charge is 0.352 e. The van der Waals surface area contributed by atoms with Crippen molar-refractivity contribution in [3.8, 4) is 0 Å². The Labute approximate surface area is 119 Å². The average molecular weight is 288 g/mol. The van der Waals surface area contributed by atoms with Crippen LogP contribution in [0.1, 0.15) is 26.3 Å². The van der Waals surface area contributed by atoms with Gasteiger partial charge in [0.15, 0.2) is 5.96 Å². The van der Waals surface area contributed by atoms with Crippen LogP contribution >= 0.6 is 23.2 Å². The molecule has 1 rings (SSSR count). The number of hydrogen-bond acceptors (Lipinski definition) is 1. The number of nitrogens with one attached hydrogen (secondary N) is 2. The SMILES string of the molecule is CN=C(NCc1ccc(Cl)cc1Cl)NC(C)(C)C. The normalized spacial score (nSPS) is 12.4. The molecule has 0 heterocycles. The molecule has 0 aliphatic heterocycles. The van der Waals surface area contributed by atoms with E-state index in [1.165, 1.54) is 0 Å². The van der Waals surface area contributed by atoms with Crippen LogP contribution in [-0.4, -0.2) is 18.5 Å². The summed E-state index contributed by atoms with van der Waals surface area (Å²) >= 11 is 12.0. The molecule has 100 valence electrons. The molecule has 1 aromatic carbocycles. The van der Waals surface area contributed by atoms with Crippen LogP contribution in [-0.2, 0) is 6.54 Å². The van der Waals surface area contributed by atoms with Crippen molar-refractivity contribution in [2.75, 3.05) is 7.05 Å². The maximum absolute atomic E-state index is 6.10. The summed E-state index contributed by atoms with van der Waals surface area (Å²) in [4.78, 5) is 4.16. The minimum Gasteiger partial charge on any atom is -0.352 e. The Kier molecular flexibility index (Phi) is 5.29. The van der Waals surface area contributed by atoms with Crippen molar-refractivity contribution in [1.29, 1.82) is 0 Å². The van der Waals surface area contributed by atoms with Gasteiger partial charge in [-0.05, 0) is 38.5 Å². The fraction of sp³-hybridized carbons (Fsp3) is 0.462. The van der Waals surface area contributed by atoms with Crippen molar-refractivity contribution in [3.05, 3.63) is 33.8 Å². The molecule has 0 atom stereocenters. The molecule has 3 nitrogen and oxygen atoms in total. The molecule has 0 aliphatic rings. The van der Waals surface area contributed by atoms with Gasteiger partial charge >= 0.3 is 0 Å². The van der Waals surface area contributed by atoms with Crippen molar-refractivity contribution in [3.63, 3.8) is 0 Å². The second-order valence-electron chi connectivity index (χ2n) is 5.04. The molecule has 18 heavy (non-hydrogen) atoms. The van der Waals surface area contributed by atoms with E-state index in [9.17, 15) is 0 Å². The Bertz CT molecular complexity index is 436. The summed E-state index contributed by atoms with van der Waals surface area (Å²) in [7, 11) is 1.74. The van der Waals surface area contributed by atoms with Crippen LogP contribution in [0.25, 0.3) is 0 Å². The van der Waals surface area contributed by atoms with Gasteiger partial charge in [-0.25, -0.2) is 0 Å². The first-order valence-corrected chi connectivity index (χ1v) is 6.50. The number of rotatable bonds is 2. The second kappa shape index (κ2) is 6.30. The Morgan fingerprint density at radius 3 is 2.44 bits per heavy atom. The molecular weight excluding hydrogens is 269 g/mol. The summed E-state index contributed by atoms with van der Waals surface area (Å²) in [6, 6.07) is 5.46. The highest BCUT2D eigenvalue weighted by molar-refractivity contribution is 6.35. The van der Waals surface area contributed by atoms with E-state index in [0.29, 0.717) is 16.6 Å². The highest BCUT2D eigenvalue weighted by Gasteiger charge is 2.11. The third-order valence-electron chi connectivity index (χ3n) is 2.18. The van der Waals surface area contributed by atoms with Crippen molar-refractivity contribution in [2.45, 2.75) is 32.9 Å². The molecular formula is C13H19Cl2N3. The maximum atomic E-state index is 6.10. The van der Waals surface area contributed by atoms with E-state index in [4.69, 9.17) is 23.2 Å². The predicted molar refractivity (Wildman–Crippen MR) is 79.5 cm³/mol. The summed E-state index contributed by atoms with van der Waals surface area (Å²) in [5.41, 5.74) is 0.948. The number of guanidine groups is 1. The van der Waals surface area contributed by atoms with Crippen LogP contribution in [0, 0.1) is 0 Å². The van der Waals surface area contributed by atoms with Crippen LogP contribution in [0.15, 0.2) is 23.2 Å². The minimum atomic E-state index is -0.0361. The topological polar surface area (TPSA) is 36.4 Å². The molecule has 2 N–H and O–H groups in total. The summed E-state index contributed by atoms with van der Waals surface area (Å²) < 4.78 is 0. The average Bonchev–Trinajstić information content (AvgIpc) is 2.24. The highest BCUT2D eigenvalue weighted by atomic mass is 35.5. The fourth-order valence-corrected chi connectivity index (χ4v) is 1.85. The van der Waals surface area contributed by atoms with Crippen molar-refractivity contribution >= 4 is 29.2 Å². The molecule has 0 bridgehead atoms. The molecule has 5 heteroatoms. The summed E-state index contributed by atoms with van der Waals surface area (Å²) in [6.45, 7) is 6.84. The van der Waals surface area contributed by atoms with Gasteiger partial charge in [0, 0.05) is 29.2 Å². The first kappa shape index (κ1) is 15.1. The van der Waals surface area contributed by atoms with Gasteiger partial charge in [-0.2, -0.15) is 0 Å². The molecule has 0 unspecified atom stereocenters. The Morgan fingerprint density at radius 1 is 1.28 bits per heavy atom. The quantitative estimate of drug-likeness (QED) is 0.646. The molecule has 0 radical (unpaired) electrons. The van der Waals surface area contributed by atoms with Gasteiger partial charge in [-0.3, -0.25) is 4.99 Å². The predicted octanol–water partition coefficient (Wildman–Crippen LogP) is 3.46. The smallest absolute Gasteiger partial charge is 0.191 e. The molecule has 0 aliphatic carbocycles. The van der Waals surface area contributed by atoms with Gasteiger partial charge in [0.2, 0.25) is 0 Å². The zero-order valence-electron chi connectivity index (χ0n) is 11.1. The molecule has 0 saturated heterocycles. The van der Waals surface area contributed by atoms with Gasteiger partial charge in [0.1, 0.15) is 0 Å². The van der Waals surface area contributed by atoms with Gasteiger partial charge in [-0.15, -0.1) is 0 Å². The van der Waals surface area contributed by atoms with E-state index < -0.39 is 0 Å². The van der Waals surface area contributed by atoms with Crippen LogP contribution in [0.2, 0.25) is 10.0 Å². The standard InChI is InChI=1S/C13H19Cl2N3/c1-13(2,3)18-12(16-4)17-8-9-5-6-10(14)7-11(9)15/h5-7H,8H2,1-4H3,(H2,16,17,18). The summed E-state index contributed by atoms with van der Waals surface area (Å²) in [5.74, 6) is 0.744. The van der Waals surface area contributed by atoms with E-state index in [1.807, 2.05) is 12.1 Å². The van der Waals surface area contributed by atoms with Crippen LogP contribution in [0.4, 0.5) is 0 Å². The summed E-state index contributed by atoms with van der Waals surface area (Å²) in [6.07, 6.45) is 0. The highest BCUT2D eigenvalue weighted by Crippen LogP contribution is 2.20. The third-order valence-corrected chi connectivity index (χ3v) is 2.77. The lowest BCUT2D eigenvalue weighted by Crippen LogP contribution is -2.47. The Morgan fingerprint density at radius 2 is 1.94 bits per heavy atom. The zero-order chi connectivity index (χ0) is 13.8. The molecule has 0 spiro atoms. The third kappa shape index (κ3) is 5.15. The van der Waals surface area contributed by atoms with Gasteiger partial charge in [0.25, 0.3) is 0 Å². The first-order chi connectivity index (χ1) is 8.31. The van der Waals surface area contributed by atoms with Gasteiger partial charge < -0.3 is 10.6 Å². The molecule has 1 aromatic rings. The van der Waals surface area contributed by atoms with Crippen LogP contribution in [0.3, 0.4) is 0 Å². The number of aliphatic imine (C=N–C) groups is 1. The van der Waals surface area contributed by atoms with E-state index in [0.717, 1.165) is 11.5 Å². The lowest BCUT2D eigenvalue weighted by atomic mass is 10.1. The molecule has 0 saturated carbocycles. The number of benzene rings is 1. The lowest BCUT2D eigenvalue weighted by Gasteiger charge is -2.23. The lowest BCUT2D eigenvalue weighted by molar-refractivity contribution is 0.501. The Balaban J connectivity index is 2.64. The molecule has 0 aromatic heterocycles. The van der Waals surface area contributed by atoms with Gasteiger partial charge in [-0.1, -0.05) is 29.3 Å². The van der Waals surface area contributed by atoms with E-state index in [-0.39, 0.29) is 5.54 Å². The van der Waals surface area contributed by atoms with E-state index in [2.05, 4.69) is 36.4 Å². The van der Waals surface area contributed by atoms with Crippen molar-refractivity contribution in [1.82, 2.24) is 10.6 Å². The maximum Gasteiger partial charge on any atom is 0.191 e. The fourth-order valence-electron chi connectivity index (χ4n) is 1.38. The van der Waals surface area contributed by atoms with Gasteiger partial charge in [0.05, 0.1) is 0 Å². The van der Waals surface area contributed by atoms with E-state index >= 15 is 0 Å². The first-order valence-electron chi connectivity index (χ1n) is 5.74. The Hall–Kier alpha value is -0.930.